The molecule has 0 radical (unpaired) electrons. The van der Waals surface area contributed by atoms with Gasteiger partial charge >= 0.3 is 6.55 Å². The summed E-state index contributed by atoms with van der Waals surface area (Å²) < 4.78 is 28.0. The van der Waals surface area contributed by atoms with Gasteiger partial charge in [0, 0.05) is 44.2 Å². The van der Waals surface area contributed by atoms with E-state index in [0.29, 0.717) is 54.8 Å². The molecule has 2 aliphatic heterocycles. The van der Waals surface area contributed by atoms with Crippen LogP contribution in [0.5, 0.6) is 0 Å². The van der Waals surface area contributed by atoms with Crippen LogP contribution in [0.15, 0.2) is 18.6 Å². The lowest BCUT2D eigenvalue weighted by Gasteiger charge is -2.23. The van der Waals surface area contributed by atoms with E-state index in [4.69, 9.17) is 0 Å². The minimum atomic E-state index is -2.69. The van der Waals surface area contributed by atoms with Crippen molar-refractivity contribution in [3.63, 3.8) is 0 Å². The van der Waals surface area contributed by atoms with Crippen molar-refractivity contribution in [2.75, 3.05) is 13.1 Å². The van der Waals surface area contributed by atoms with Crippen molar-refractivity contribution < 1.29 is 18.4 Å². The van der Waals surface area contributed by atoms with Crippen molar-refractivity contribution in [2.45, 2.75) is 38.4 Å². The smallest absolute Gasteiger partial charge is 0.333 e. The maximum Gasteiger partial charge on any atom is 0.333 e. The molecule has 0 spiro atoms. The number of rotatable bonds is 3. The van der Waals surface area contributed by atoms with E-state index in [2.05, 4.69) is 15.4 Å². The number of aromatic nitrogens is 4. The highest BCUT2D eigenvalue weighted by Crippen LogP contribution is 2.24. The van der Waals surface area contributed by atoms with E-state index in [-0.39, 0.29) is 11.8 Å². The summed E-state index contributed by atoms with van der Waals surface area (Å²) in [4.78, 5) is 30.0. The Labute approximate surface area is 147 Å². The van der Waals surface area contributed by atoms with Gasteiger partial charge < -0.3 is 14.8 Å². The lowest BCUT2D eigenvalue weighted by atomic mass is 10.2. The lowest BCUT2D eigenvalue weighted by Crippen LogP contribution is -2.45. The summed E-state index contributed by atoms with van der Waals surface area (Å²) in [5.74, 6) is 0.633. The van der Waals surface area contributed by atoms with Gasteiger partial charge in [-0.2, -0.15) is 13.9 Å². The molecular weight excluding hydrogens is 346 g/mol. The quantitative estimate of drug-likeness (QED) is 0.873. The van der Waals surface area contributed by atoms with Gasteiger partial charge in [-0.3, -0.25) is 9.59 Å². The molecule has 0 aliphatic carbocycles. The standard InChI is InChI=1S/C16H18F2N6O2/c17-16(18)24-9-10(7-20-24)12-8-19-13-3-4-22(5-6-23(12)13)15(26)11-1-2-14(25)21-11/h7-9,11,16H,1-6H2,(H,21,25)/t11-/m1/s1. The van der Waals surface area contributed by atoms with Gasteiger partial charge in [-0.1, -0.05) is 0 Å². The third-order valence-electron chi connectivity index (χ3n) is 4.84. The summed E-state index contributed by atoms with van der Waals surface area (Å²) in [5.41, 5.74) is 1.27. The SMILES string of the molecule is O=C1CC[C@H](C(=O)N2CCc3ncc(-c4cnn(C(F)F)c4)n3CC2)N1. The van der Waals surface area contributed by atoms with Gasteiger partial charge in [0.1, 0.15) is 11.9 Å². The Balaban J connectivity index is 1.51. The van der Waals surface area contributed by atoms with Crippen molar-refractivity contribution in [2.24, 2.45) is 0 Å². The van der Waals surface area contributed by atoms with Crippen molar-refractivity contribution in [3.05, 3.63) is 24.4 Å². The molecular formula is C16H18F2N6O2. The number of carbonyl (C=O) groups is 2. The van der Waals surface area contributed by atoms with Crippen LogP contribution < -0.4 is 5.32 Å². The molecule has 2 amide bonds. The summed E-state index contributed by atoms with van der Waals surface area (Å²) in [6.07, 6.45) is 5.79. The monoisotopic (exact) mass is 364 g/mol. The fraction of sp³-hybridized carbons (Fsp3) is 0.500. The van der Waals surface area contributed by atoms with Crippen molar-refractivity contribution in [3.8, 4) is 11.3 Å². The first-order valence-corrected chi connectivity index (χ1v) is 8.48. The van der Waals surface area contributed by atoms with Gasteiger partial charge in [0.2, 0.25) is 11.8 Å². The van der Waals surface area contributed by atoms with Gasteiger partial charge in [0.05, 0.1) is 18.1 Å². The van der Waals surface area contributed by atoms with Crippen LogP contribution in [-0.4, -0.2) is 55.2 Å². The third-order valence-corrected chi connectivity index (χ3v) is 4.84. The number of nitrogens with one attached hydrogen (secondary N) is 1. The summed E-state index contributed by atoms with van der Waals surface area (Å²) >= 11 is 0. The molecule has 26 heavy (non-hydrogen) atoms. The van der Waals surface area contributed by atoms with Gasteiger partial charge in [0.15, 0.2) is 0 Å². The molecule has 1 atom stereocenters. The Morgan fingerprint density at radius 3 is 2.77 bits per heavy atom. The molecule has 10 heteroatoms. The van der Waals surface area contributed by atoms with Crippen LogP contribution in [-0.2, 0) is 22.6 Å². The average molecular weight is 364 g/mol. The van der Waals surface area contributed by atoms with E-state index < -0.39 is 12.6 Å². The predicted molar refractivity (Wildman–Crippen MR) is 86.1 cm³/mol. The van der Waals surface area contributed by atoms with E-state index in [1.807, 2.05) is 4.57 Å². The Morgan fingerprint density at radius 1 is 1.23 bits per heavy atom. The summed E-state index contributed by atoms with van der Waals surface area (Å²) in [6, 6.07) is -0.448. The zero-order valence-electron chi connectivity index (χ0n) is 13.9. The molecule has 1 fully saturated rings. The first-order valence-electron chi connectivity index (χ1n) is 8.48. The van der Waals surface area contributed by atoms with E-state index in [1.54, 1.807) is 11.1 Å². The van der Waals surface area contributed by atoms with Crippen LogP contribution in [0.3, 0.4) is 0 Å². The normalized spacial score (nSPS) is 20.2. The number of nitrogens with zero attached hydrogens (tertiary/aromatic N) is 5. The first kappa shape index (κ1) is 16.7. The number of halogens is 2. The number of hydrogen-bond acceptors (Lipinski definition) is 4. The fourth-order valence-corrected chi connectivity index (χ4v) is 3.48. The van der Waals surface area contributed by atoms with Crippen LogP contribution in [0.25, 0.3) is 11.3 Å². The van der Waals surface area contributed by atoms with Crippen LogP contribution in [0.2, 0.25) is 0 Å². The van der Waals surface area contributed by atoms with Crippen LogP contribution in [0, 0.1) is 0 Å². The highest BCUT2D eigenvalue weighted by Gasteiger charge is 2.32. The van der Waals surface area contributed by atoms with E-state index >= 15 is 0 Å². The zero-order chi connectivity index (χ0) is 18.3. The third kappa shape index (κ3) is 2.95. The fourth-order valence-electron chi connectivity index (χ4n) is 3.48. The lowest BCUT2D eigenvalue weighted by molar-refractivity contribution is -0.134. The Hall–Kier alpha value is -2.78. The topological polar surface area (TPSA) is 85.1 Å². The second kappa shape index (κ2) is 6.50. The second-order valence-electron chi connectivity index (χ2n) is 6.43. The Bertz CT molecular complexity index is 846. The minimum absolute atomic E-state index is 0.0753. The number of amides is 2. The minimum Gasteiger partial charge on any atom is -0.344 e. The van der Waals surface area contributed by atoms with Crippen LogP contribution >= 0.6 is 0 Å². The molecule has 1 saturated heterocycles. The molecule has 2 aliphatic rings. The molecule has 0 aromatic carbocycles. The van der Waals surface area contributed by atoms with Crippen LogP contribution in [0.1, 0.15) is 25.2 Å². The van der Waals surface area contributed by atoms with Crippen molar-refractivity contribution in [1.82, 2.24) is 29.5 Å². The molecule has 1 N–H and O–H groups in total. The molecule has 2 aromatic heterocycles. The number of carbonyl (C=O) groups excluding carboxylic acids is 2. The maximum atomic E-state index is 12.7. The highest BCUT2D eigenvalue weighted by atomic mass is 19.3. The summed E-state index contributed by atoms with van der Waals surface area (Å²) in [5, 5.41) is 6.37. The van der Waals surface area contributed by atoms with E-state index in [0.717, 1.165) is 5.82 Å². The molecule has 8 nitrogen and oxygen atoms in total. The zero-order valence-corrected chi connectivity index (χ0v) is 13.9. The average Bonchev–Trinajstić information content (AvgIpc) is 3.31. The molecule has 0 saturated carbocycles. The van der Waals surface area contributed by atoms with Gasteiger partial charge in [-0.25, -0.2) is 9.67 Å². The number of imidazole rings is 1. The van der Waals surface area contributed by atoms with E-state index in [9.17, 15) is 18.4 Å². The van der Waals surface area contributed by atoms with Crippen molar-refractivity contribution >= 4 is 11.8 Å². The Morgan fingerprint density at radius 2 is 2.08 bits per heavy atom. The summed E-state index contributed by atoms with van der Waals surface area (Å²) in [6.45, 7) is -1.19. The molecule has 2 aromatic rings. The maximum absolute atomic E-state index is 12.7. The number of alkyl halides is 2. The Kier molecular flexibility index (Phi) is 4.17. The van der Waals surface area contributed by atoms with E-state index in [1.165, 1.54) is 12.4 Å². The summed E-state index contributed by atoms with van der Waals surface area (Å²) in [7, 11) is 0. The second-order valence-corrected chi connectivity index (χ2v) is 6.43. The molecule has 0 unspecified atom stereocenters. The molecule has 4 rings (SSSR count). The molecule has 0 bridgehead atoms. The number of hydrogen-bond donors (Lipinski definition) is 1. The molecule has 138 valence electrons. The van der Waals surface area contributed by atoms with Gasteiger partial charge in [0.25, 0.3) is 0 Å². The van der Waals surface area contributed by atoms with Crippen LogP contribution in [0.4, 0.5) is 8.78 Å². The van der Waals surface area contributed by atoms with Gasteiger partial charge in [-0.15, -0.1) is 0 Å². The highest BCUT2D eigenvalue weighted by molar-refractivity contribution is 5.90. The predicted octanol–water partition coefficient (Wildman–Crippen LogP) is 0.805. The number of fused-ring (bicyclic) bond motifs is 1. The first-order chi connectivity index (χ1) is 12.5. The van der Waals surface area contributed by atoms with Gasteiger partial charge in [-0.05, 0) is 6.42 Å². The van der Waals surface area contributed by atoms with Crippen molar-refractivity contribution in [1.29, 1.82) is 0 Å². The molecule has 4 heterocycles. The largest absolute Gasteiger partial charge is 0.344 e.